The Kier molecular flexibility index (Phi) is 3.99. The van der Waals surface area contributed by atoms with Crippen molar-refractivity contribution >= 4 is 34.4 Å². The van der Waals surface area contributed by atoms with Crippen LogP contribution in [0.3, 0.4) is 0 Å². The summed E-state index contributed by atoms with van der Waals surface area (Å²) in [5, 5.41) is 9.44. The number of rotatable bonds is 3. The van der Waals surface area contributed by atoms with E-state index in [0.29, 0.717) is 11.4 Å². The van der Waals surface area contributed by atoms with E-state index in [1.807, 2.05) is 61.7 Å². The lowest BCUT2D eigenvalue weighted by molar-refractivity contribution is 1.27. The molecule has 22 heavy (non-hydrogen) atoms. The van der Waals surface area contributed by atoms with Gasteiger partial charge in [0, 0.05) is 4.90 Å². The minimum absolute atomic E-state index is 0.533. The number of H-pyrrole nitrogens is 1. The Bertz CT molecular complexity index is 883. The predicted octanol–water partition coefficient (Wildman–Crippen LogP) is 4.66. The summed E-state index contributed by atoms with van der Waals surface area (Å²) in [6.45, 7) is 2.04. The first-order valence-corrected chi connectivity index (χ1v) is 8.14. The molecule has 3 nitrogen and oxygen atoms in total. The van der Waals surface area contributed by atoms with Crippen LogP contribution in [0.1, 0.15) is 17.0 Å². The number of fused-ring (bicyclic) bond motifs is 1. The zero-order valence-electron chi connectivity index (χ0n) is 12.4. The maximum absolute atomic E-state index is 9.44. The van der Waals surface area contributed by atoms with Crippen molar-refractivity contribution in [1.29, 1.82) is 5.26 Å². The number of aromatic nitrogens is 2. The SMILES string of the molecule is CSc1ccc(/C=C(\C#N)c2nc3ccc(C)cc3[nH]2)cc1. The van der Waals surface area contributed by atoms with Crippen LogP contribution in [0, 0.1) is 18.3 Å². The maximum atomic E-state index is 9.44. The van der Waals surface area contributed by atoms with Gasteiger partial charge in [-0.1, -0.05) is 18.2 Å². The molecule has 1 heterocycles. The number of hydrogen-bond acceptors (Lipinski definition) is 3. The van der Waals surface area contributed by atoms with E-state index in [4.69, 9.17) is 0 Å². The Morgan fingerprint density at radius 3 is 2.68 bits per heavy atom. The van der Waals surface area contributed by atoms with Crippen LogP contribution >= 0.6 is 11.8 Å². The maximum Gasteiger partial charge on any atom is 0.149 e. The van der Waals surface area contributed by atoms with Gasteiger partial charge in [0.25, 0.3) is 0 Å². The number of nitriles is 1. The van der Waals surface area contributed by atoms with Crippen LogP contribution in [0.25, 0.3) is 22.7 Å². The molecule has 0 fully saturated rings. The Labute approximate surface area is 133 Å². The summed E-state index contributed by atoms with van der Waals surface area (Å²) in [4.78, 5) is 8.93. The average Bonchev–Trinajstić information content (AvgIpc) is 2.96. The van der Waals surface area contributed by atoms with Gasteiger partial charge in [-0.2, -0.15) is 5.26 Å². The quantitative estimate of drug-likeness (QED) is 0.565. The van der Waals surface area contributed by atoms with Gasteiger partial charge in [0.1, 0.15) is 11.9 Å². The normalized spacial score (nSPS) is 11.6. The van der Waals surface area contributed by atoms with E-state index in [-0.39, 0.29) is 0 Å². The van der Waals surface area contributed by atoms with Crippen molar-refractivity contribution in [3.63, 3.8) is 0 Å². The number of allylic oxidation sites excluding steroid dienone is 1. The molecule has 108 valence electrons. The average molecular weight is 305 g/mol. The highest BCUT2D eigenvalue weighted by atomic mass is 32.2. The number of benzene rings is 2. The Morgan fingerprint density at radius 2 is 2.00 bits per heavy atom. The van der Waals surface area contributed by atoms with E-state index < -0.39 is 0 Å². The molecule has 3 aromatic rings. The first-order valence-electron chi connectivity index (χ1n) is 6.92. The van der Waals surface area contributed by atoms with Gasteiger partial charge in [0.2, 0.25) is 0 Å². The second-order valence-electron chi connectivity index (χ2n) is 5.05. The Balaban J connectivity index is 2.01. The fourth-order valence-electron chi connectivity index (χ4n) is 2.27. The molecule has 0 aliphatic heterocycles. The second kappa shape index (κ2) is 6.08. The topological polar surface area (TPSA) is 52.5 Å². The van der Waals surface area contributed by atoms with Crippen LogP contribution in [0.15, 0.2) is 47.4 Å². The van der Waals surface area contributed by atoms with Crippen LogP contribution in [0.2, 0.25) is 0 Å². The van der Waals surface area contributed by atoms with Crippen LogP contribution in [0.4, 0.5) is 0 Å². The van der Waals surface area contributed by atoms with Gasteiger partial charge in [-0.3, -0.25) is 0 Å². The summed E-state index contributed by atoms with van der Waals surface area (Å²) in [6.07, 6.45) is 3.90. The molecule has 0 saturated carbocycles. The molecule has 3 rings (SSSR count). The zero-order chi connectivity index (χ0) is 15.5. The summed E-state index contributed by atoms with van der Waals surface area (Å²) >= 11 is 1.70. The van der Waals surface area contributed by atoms with Crippen molar-refractivity contribution in [3.05, 3.63) is 59.4 Å². The highest BCUT2D eigenvalue weighted by molar-refractivity contribution is 7.98. The molecule has 1 aromatic heterocycles. The van der Waals surface area contributed by atoms with Gasteiger partial charge in [0.15, 0.2) is 0 Å². The molecule has 0 unspecified atom stereocenters. The third-order valence-electron chi connectivity index (χ3n) is 3.44. The highest BCUT2D eigenvalue weighted by Crippen LogP contribution is 2.21. The van der Waals surface area contributed by atoms with Crippen LogP contribution in [-0.4, -0.2) is 16.2 Å². The van der Waals surface area contributed by atoms with Crippen molar-refractivity contribution in [1.82, 2.24) is 9.97 Å². The zero-order valence-corrected chi connectivity index (χ0v) is 13.2. The van der Waals surface area contributed by atoms with Crippen molar-refractivity contribution in [3.8, 4) is 6.07 Å². The number of aryl methyl sites for hydroxylation is 1. The fourth-order valence-corrected chi connectivity index (χ4v) is 2.68. The molecule has 0 atom stereocenters. The number of hydrogen-bond donors (Lipinski definition) is 1. The summed E-state index contributed by atoms with van der Waals surface area (Å²) in [5.41, 5.74) is 4.52. The molecular weight excluding hydrogens is 290 g/mol. The van der Waals surface area contributed by atoms with Crippen molar-refractivity contribution in [2.24, 2.45) is 0 Å². The monoisotopic (exact) mass is 305 g/mol. The van der Waals surface area contributed by atoms with Crippen molar-refractivity contribution in [2.75, 3.05) is 6.26 Å². The molecule has 0 aliphatic carbocycles. The number of thioether (sulfide) groups is 1. The van der Waals surface area contributed by atoms with Gasteiger partial charge in [-0.05, 0) is 54.6 Å². The molecule has 1 N–H and O–H groups in total. The van der Waals surface area contributed by atoms with Gasteiger partial charge >= 0.3 is 0 Å². The van der Waals surface area contributed by atoms with E-state index in [1.54, 1.807) is 11.8 Å². The number of nitrogens with one attached hydrogen (secondary N) is 1. The van der Waals surface area contributed by atoms with E-state index in [9.17, 15) is 5.26 Å². The molecule has 4 heteroatoms. The summed E-state index contributed by atoms with van der Waals surface area (Å²) in [6, 6.07) is 16.4. The van der Waals surface area contributed by atoms with Gasteiger partial charge in [-0.15, -0.1) is 11.8 Å². The number of aromatic amines is 1. The van der Waals surface area contributed by atoms with Crippen molar-refractivity contribution < 1.29 is 0 Å². The highest BCUT2D eigenvalue weighted by Gasteiger charge is 2.08. The molecule has 0 aliphatic rings. The molecular formula is C18H15N3S. The van der Waals surface area contributed by atoms with E-state index in [0.717, 1.165) is 22.2 Å². The largest absolute Gasteiger partial charge is 0.337 e. The van der Waals surface area contributed by atoms with Gasteiger partial charge < -0.3 is 4.98 Å². The van der Waals surface area contributed by atoms with E-state index >= 15 is 0 Å². The van der Waals surface area contributed by atoms with E-state index in [1.165, 1.54) is 4.90 Å². The first-order chi connectivity index (χ1) is 10.7. The number of imidazole rings is 1. The Hall–Kier alpha value is -2.51. The predicted molar refractivity (Wildman–Crippen MR) is 92.5 cm³/mol. The van der Waals surface area contributed by atoms with Crippen LogP contribution < -0.4 is 0 Å². The standard InChI is InChI=1S/C18H15N3S/c1-12-3-8-16-17(9-12)21-18(20-16)14(11-19)10-13-4-6-15(22-2)7-5-13/h3-10H,1-2H3,(H,20,21)/b14-10+. The van der Waals surface area contributed by atoms with Crippen molar-refractivity contribution in [2.45, 2.75) is 11.8 Å². The fraction of sp³-hybridized carbons (Fsp3) is 0.111. The van der Waals surface area contributed by atoms with Gasteiger partial charge in [-0.25, -0.2) is 4.98 Å². The number of nitrogens with zero attached hydrogens (tertiary/aromatic N) is 2. The first kappa shape index (κ1) is 14.4. The molecule has 0 radical (unpaired) electrons. The molecule has 0 saturated heterocycles. The second-order valence-corrected chi connectivity index (χ2v) is 5.93. The smallest absolute Gasteiger partial charge is 0.149 e. The summed E-state index contributed by atoms with van der Waals surface area (Å²) in [7, 11) is 0. The van der Waals surface area contributed by atoms with E-state index in [2.05, 4.69) is 16.0 Å². The molecule has 0 bridgehead atoms. The lowest BCUT2D eigenvalue weighted by atomic mass is 10.1. The van der Waals surface area contributed by atoms with Crippen LogP contribution in [0.5, 0.6) is 0 Å². The third kappa shape index (κ3) is 2.90. The van der Waals surface area contributed by atoms with Crippen LogP contribution in [-0.2, 0) is 0 Å². The summed E-state index contributed by atoms with van der Waals surface area (Å²) < 4.78 is 0. The lowest BCUT2D eigenvalue weighted by Crippen LogP contribution is -1.85. The lowest BCUT2D eigenvalue weighted by Gasteiger charge is -1.98. The summed E-state index contributed by atoms with van der Waals surface area (Å²) in [5.74, 6) is 0.608. The molecule has 0 spiro atoms. The minimum atomic E-state index is 0.533. The molecule has 0 amide bonds. The molecule has 2 aromatic carbocycles. The third-order valence-corrected chi connectivity index (χ3v) is 4.18. The minimum Gasteiger partial charge on any atom is -0.337 e. The van der Waals surface area contributed by atoms with Gasteiger partial charge in [0.05, 0.1) is 16.6 Å². The Morgan fingerprint density at radius 1 is 1.23 bits per heavy atom.